The third-order valence-electron chi connectivity index (χ3n) is 7.78. The molecule has 0 bridgehead atoms. The van der Waals surface area contributed by atoms with Crippen LogP contribution in [0.1, 0.15) is 63.3 Å². The predicted octanol–water partition coefficient (Wildman–Crippen LogP) is 1.01. The van der Waals surface area contributed by atoms with E-state index < -0.39 is 66.7 Å². The first kappa shape index (κ1) is 26.0. The van der Waals surface area contributed by atoms with Gasteiger partial charge < -0.3 is 40.1 Å². The molecule has 12 nitrogen and oxygen atoms in total. The fourth-order valence-corrected chi connectivity index (χ4v) is 5.98. The van der Waals surface area contributed by atoms with Gasteiger partial charge in [0.15, 0.2) is 5.78 Å². The van der Waals surface area contributed by atoms with Crippen molar-refractivity contribution in [2.45, 2.75) is 63.5 Å². The zero-order chi connectivity index (χ0) is 28.6. The Morgan fingerprint density at radius 2 is 1.88 bits per heavy atom. The summed E-state index contributed by atoms with van der Waals surface area (Å²) in [6.07, 6.45) is -5.79. The summed E-state index contributed by atoms with van der Waals surface area (Å²) in [6, 6.07) is 5.97. The number of carboxylic acids is 1. The maximum absolute atomic E-state index is 14.3. The smallest absolute Gasteiger partial charge is 0.326 e. The van der Waals surface area contributed by atoms with E-state index in [0.717, 1.165) is 0 Å². The Hall–Kier alpha value is -4.26. The molecule has 5 N–H and O–H groups in total. The number of phenols is 1. The van der Waals surface area contributed by atoms with Gasteiger partial charge in [-0.3, -0.25) is 14.4 Å². The maximum Gasteiger partial charge on any atom is 0.326 e. The van der Waals surface area contributed by atoms with E-state index in [2.05, 4.69) is 5.32 Å². The number of benzene rings is 2. The number of rotatable bonds is 3. The van der Waals surface area contributed by atoms with E-state index in [1.54, 1.807) is 19.9 Å². The van der Waals surface area contributed by atoms with Crippen molar-refractivity contribution in [1.29, 1.82) is 0 Å². The number of carboxylic acid groups (broad SMARTS) is 1. The number of amides is 1. The molecule has 0 radical (unpaired) electrons. The minimum atomic E-state index is -1.47. The Bertz CT molecular complexity index is 1520. The molecule has 6 atom stereocenters. The van der Waals surface area contributed by atoms with Gasteiger partial charge in [0.1, 0.15) is 35.5 Å². The van der Waals surface area contributed by atoms with Crippen molar-refractivity contribution in [3.63, 3.8) is 0 Å². The minimum Gasteiger partial charge on any atom is -0.507 e. The number of nitrogens with one attached hydrogen (secondary N) is 1. The molecule has 1 aliphatic carbocycles. The Balaban J connectivity index is 1.53. The monoisotopic (exact) mass is 550 g/mol. The van der Waals surface area contributed by atoms with Crippen LogP contribution in [0.3, 0.4) is 0 Å². The van der Waals surface area contributed by atoms with E-state index in [1.165, 1.54) is 29.2 Å². The standard InChI is InChI=1S/C28H26N2O10/c1-10-6-13-20(15(31)7-10)22-23(30-14(28(37)38)8-18(33)29-27(13)30)26(36)21-12(25(22)35)4-3-5-17(21)40-19-9-16(32)24(34)11(2)39-19/h3-7,11,14,16,19,24,27,31-32,34H,8-9H2,1-2H3,(H,29,33)(H,37,38)/t11-,14-,16+,19-,24-,27+/m0/s1. The van der Waals surface area contributed by atoms with Crippen LogP contribution in [0.25, 0.3) is 5.57 Å². The second-order valence-electron chi connectivity index (χ2n) is 10.4. The molecule has 40 heavy (non-hydrogen) atoms. The lowest BCUT2D eigenvalue weighted by atomic mass is 9.77. The molecule has 6 rings (SSSR count). The van der Waals surface area contributed by atoms with Gasteiger partial charge in [0, 0.05) is 23.1 Å². The van der Waals surface area contributed by atoms with Gasteiger partial charge in [0.2, 0.25) is 18.0 Å². The SMILES string of the molecule is Cc1cc(O)c2c(c1)[C@@H]1NC(=O)C[C@@H](C(=O)O)N1C1=C2C(=O)c2cccc(O[C@H]3C[C@@H](O)[C@@H](O)[C@H](C)O3)c2C1=O. The molecule has 2 fully saturated rings. The van der Waals surface area contributed by atoms with Crippen LogP contribution in [0.15, 0.2) is 36.0 Å². The fourth-order valence-electron chi connectivity index (χ4n) is 5.98. The highest BCUT2D eigenvalue weighted by Crippen LogP contribution is 2.50. The van der Waals surface area contributed by atoms with Crippen LogP contribution in [-0.4, -0.2) is 79.4 Å². The number of ketones is 2. The first-order chi connectivity index (χ1) is 19.0. The largest absolute Gasteiger partial charge is 0.507 e. The van der Waals surface area contributed by atoms with Crippen LogP contribution in [0.4, 0.5) is 0 Å². The molecule has 12 heteroatoms. The van der Waals surface area contributed by atoms with Gasteiger partial charge >= 0.3 is 5.97 Å². The highest BCUT2D eigenvalue weighted by atomic mass is 16.7. The van der Waals surface area contributed by atoms with Crippen LogP contribution in [0.2, 0.25) is 0 Å². The zero-order valence-electron chi connectivity index (χ0n) is 21.5. The average Bonchev–Trinajstić information content (AvgIpc) is 2.89. The number of Topliss-reactive ketones (excluding diaryl/α,β-unsaturated/α-hetero) is 2. The van der Waals surface area contributed by atoms with Gasteiger partial charge in [-0.2, -0.15) is 0 Å². The molecule has 208 valence electrons. The molecular weight excluding hydrogens is 524 g/mol. The Morgan fingerprint density at radius 3 is 2.58 bits per heavy atom. The van der Waals surface area contributed by atoms with Crippen LogP contribution < -0.4 is 10.1 Å². The minimum absolute atomic E-state index is 0.0250. The summed E-state index contributed by atoms with van der Waals surface area (Å²) in [5.74, 6) is -3.62. The first-order valence-corrected chi connectivity index (χ1v) is 12.8. The molecule has 4 aliphatic rings. The number of aliphatic hydroxyl groups excluding tert-OH is 2. The highest BCUT2D eigenvalue weighted by molar-refractivity contribution is 6.41. The summed E-state index contributed by atoms with van der Waals surface area (Å²) in [4.78, 5) is 54.5. The quantitative estimate of drug-likeness (QED) is 0.368. The van der Waals surface area contributed by atoms with Gasteiger partial charge in [-0.25, -0.2) is 4.79 Å². The van der Waals surface area contributed by atoms with Gasteiger partial charge in [0.05, 0.1) is 29.8 Å². The van der Waals surface area contributed by atoms with E-state index in [-0.39, 0.29) is 45.9 Å². The lowest BCUT2D eigenvalue weighted by Gasteiger charge is -2.47. The number of fused-ring (bicyclic) bond motifs is 6. The Morgan fingerprint density at radius 1 is 1.12 bits per heavy atom. The Kier molecular flexibility index (Phi) is 5.95. The topological polar surface area (TPSA) is 183 Å². The lowest BCUT2D eigenvalue weighted by molar-refractivity contribution is -0.216. The number of aliphatic hydroxyl groups is 2. The number of aromatic hydroxyl groups is 1. The summed E-state index contributed by atoms with van der Waals surface area (Å²) < 4.78 is 11.6. The number of hydrogen-bond acceptors (Lipinski definition) is 10. The van der Waals surface area contributed by atoms with Crippen molar-refractivity contribution in [1.82, 2.24) is 10.2 Å². The fraction of sp³-hybridized carbons (Fsp3) is 0.357. The van der Waals surface area contributed by atoms with Crippen molar-refractivity contribution < 1.29 is 49.1 Å². The van der Waals surface area contributed by atoms with Crippen LogP contribution in [-0.2, 0) is 14.3 Å². The van der Waals surface area contributed by atoms with E-state index in [9.17, 15) is 39.6 Å². The molecule has 3 heterocycles. The molecule has 0 unspecified atom stereocenters. The van der Waals surface area contributed by atoms with E-state index in [1.807, 2.05) is 0 Å². The lowest BCUT2D eigenvalue weighted by Crippen LogP contribution is -2.58. The number of hydrogen-bond donors (Lipinski definition) is 5. The van der Waals surface area contributed by atoms with Crippen molar-refractivity contribution in [2.75, 3.05) is 0 Å². The molecule has 0 saturated carbocycles. The molecule has 2 aromatic rings. The van der Waals surface area contributed by atoms with Crippen molar-refractivity contribution in [2.24, 2.45) is 0 Å². The van der Waals surface area contributed by atoms with Crippen molar-refractivity contribution in [3.8, 4) is 11.5 Å². The summed E-state index contributed by atoms with van der Waals surface area (Å²) in [7, 11) is 0. The Labute approximate surface area is 227 Å². The molecule has 1 amide bonds. The second kappa shape index (κ2) is 9.15. The summed E-state index contributed by atoms with van der Waals surface area (Å²) in [5, 5.41) is 43.9. The number of aryl methyl sites for hydroxylation is 1. The predicted molar refractivity (Wildman–Crippen MR) is 135 cm³/mol. The second-order valence-corrected chi connectivity index (χ2v) is 10.4. The van der Waals surface area contributed by atoms with E-state index in [4.69, 9.17) is 9.47 Å². The van der Waals surface area contributed by atoms with Gasteiger partial charge in [-0.15, -0.1) is 0 Å². The van der Waals surface area contributed by atoms with Gasteiger partial charge in [-0.1, -0.05) is 18.2 Å². The zero-order valence-corrected chi connectivity index (χ0v) is 21.5. The van der Waals surface area contributed by atoms with Gasteiger partial charge in [0.25, 0.3) is 0 Å². The summed E-state index contributed by atoms with van der Waals surface area (Å²) >= 11 is 0. The van der Waals surface area contributed by atoms with Crippen LogP contribution in [0.5, 0.6) is 11.5 Å². The first-order valence-electron chi connectivity index (χ1n) is 12.8. The van der Waals surface area contributed by atoms with Crippen LogP contribution >= 0.6 is 0 Å². The number of carbonyl (C=O) groups is 4. The van der Waals surface area contributed by atoms with Crippen molar-refractivity contribution >= 4 is 29.0 Å². The molecule has 0 aromatic heterocycles. The van der Waals surface area contributed by atoms with Crippen molar-refractivity contribution in [3.05, 3.63) is 63.8 Å². The number of nitrogens with zero attached hydrogens (tertiary/aromatic N) is 1. The molecule has 2 saturated heterocycles. The van der Waals surface area contributed by atoms with Crippen LogP contribution in [0, 0.1) is 6.92 Å². The number of allylic oxidation sites excluding steroid dienone is 2. The number of aliphatic carboxylic acids is 1. The molecule has 3 aliphatic heterocycles. The average molecular weight is 551 g/mol. The number of ether oxygens (including phenoxy) is 2. The number of phenolic OH excluding ortho intramolecular Hbond substituents is 1. The molecule has 0 spiro atoms. The third-order valence-corrected chi connectivity index (χ3v) is 7.78. The van der Waals surface area contributed by atoms with Gasteiger partial charge in [-0.05, 0) is 31.5 Å². The normalized spacial score (nSPS) is 29.2. The maximum atomic E-state index is 14.3. The summed E-state index contributed by atoms with van der Waals surface area (Å²) in [5.41, 5.74) is 0.343. The highest BCUT2D eigenvalue weighted by Gasteiger charge is 2.51. The van der Waals surface area contributed by atoms with E-state index >= 15 is 0 Å². The summed E-state index contributed by atoms with van der Waals surface area (Å²) in [6.45, 7) is 3.25. The number of carbonyl (C=O) groups excluding carboxylic acids is 3. The van der Waals surface area contributed by atoms with E-state index in [0.29, 0.717) is 11.1 Å². The molecule has 2 aromatic carbocycles. The molecular formula is C28H26N2O10. The third kappa shape index (κ3) is 3.79.